The zero-order chi connectivity index (χ0) is 18.5. The molecule has 0 aliphatic carbocycles. The highest BCUT2D eigenvalue weighted by atomic mass is 35.5. The number of ether oxygens (including phenoxy) is 1. The largest absolute Gasteiger partial charge is 0.495 e. The molecule has 134 valence electrons. The number of methoxy groups -OCH3 is 1. The molecular formula is C17H16ClN5O2S. The summed E-state index contributed by atoms with van der Waals surface area (Å²) in [5.41, 5.74) is 1.35. The van der Waals surface area contributed by atoms with Crippen molar-refractivity contribution < 1.29 is 9.53 Å². The van der Waals surface area contributed by atoms with Gasteiger partial charge < -0.3 is 15.9 Å². The number of anilines is 1. The van der Waals surface area contributed by atoms with Crippen molar-refractivity contribution in [3.63, 3.8) is 0 Å². The van der Waals surface area contributed by atoms with E-state index in [9.17, 15) is 4.79 Å². The first kappa shape index (κ1) is 18.1. The molecule has 0 fully saturated rings. The first-order chi connectivity index (χ1) is 12.6. The Morgan fingerprint density at radius 1 is 1.27 bits per heavy atom. The van der Waals surface area contributed by atoms with Crippen LogP contribution in [0.5, 0.6) is 5.75 Å². The van der Waals surface area contributed by atoms with Crippen LogP contribution < -0.4 is 15.9 Å². The molecule has 0 bridgehead atoms. The van der Waals surface area contributed by atoms with E-state index in [-0.39, 0.29) is 11.7 Å². The minimum absolute atomic E-state index is 0.128. The second kappa shape index (κ2) is 8.11. The number of amides is 1. The van der Waals surface area contributed by atoms with E-state index < -0.39 is 0 Å². The number of para-hydroxylation sites is 2. The summed E-state index contributed by atoms with van der Waals surface area (Å²) < 4.78 is 6.55. The third-order valence-electron chi connectivity index (χ3n) is 3.46. The third-order valence-corrected chi connectivity index (χ3v) is 4.64. The quantitative estimate of drug-likeness (QED) is 0.497. The van der Waals surface area contributed by atoms with Crippen molar-refractivity contribution in [1.29, 1.82) is 0 Å². The van der Waals surface area contributed by atoms with Crippen molar-refractivity contribution in [3.05, 3.63) is 53.6 Å². The van der Waals surface area contributed by atoms with Gasteiger partial charge in [-0.05, 0) is 24.3 Å². The number of thioether (sulfide) groups is 1. The minimum Gasteiger partial charge on any atom is -0.495 e. The third kappa shape index (κ3) is 4.09. The van der Waals surface area contributed by atoms with Crippen LogP contribution >= 0.6 is 23.4 Å². The molecule has 0 aliphatic rings. The molecule has 3 aromatic rings. The molecule has 3 N–H and O–H groups in total. The fourth-order valence-electron chi connectivity index (χ4n) is 2.26. The van der Waals surface area contributed by atoms with E-state index in [0.29, 0.717) is 27.4 Å². The first-order valence-corrected chi connectivity index (χ1v) is 8.97. The Labute approximate surface area is 159 Å². The number of rotatable bonds is 6. The van der Waals surface area contributed by atoms with Crippen molar-refractivity contribution in [1.82, 2.24) is 14.9 Å². The zero-order valence-corrected chi connectivity index (χ0v) is 15.4. The highest BCUT2D eigenvalue weighted by Crippen LogP contribution is 2.25. The minimum atomic E-state index is -0.202. The van der Waals surface area contributed by atoms with Crippen LogP contribution in [-0.4, -0.2) is 33.6 Å². The smallest absolute Gasteiger partial charge is 0.234 e. The fourth-order valence-corrected chi connectivity index (χ4v) is 3.11. The number of nitrogens with one attached hydrogen (secondary N) is 1. The molecule has 3 rings (SSSR count). The monoisotopic (exact) mass is 389 g/mol. The summed E-state index contributed by atoms with van der Waals surface area (Å²) in [4.78, 5) is 12.2. The van der Waals surface area contributed by atoms with E-state index in [1.807, 2.05) is 18.2 Å². The van der Waals surface area contributed by atoms with Crippen LogP contribution in [0.25, 0.3) is 11.4 Å². The van der Waals surface area contributed by atoms with Gasteiger partial charge in [-0.15, -0.1) is 10.2 Å². The molecule has 0 atom stereocenters. The van der Waals surface area contributed by atoms with Crippen LogP contribution in [0.2, 0.25) is 5.02 Å². The number of nitrogen functional groups attached to an aromatic ring is 1. The van der Waals surface area contributed by atoms with Crippen molar-refractivity contribution in [3.8, 4) is 17.1 Å². The van der Waals surface area contributed by atoms with E-state index in [4.69, 9.17) is 22.2 Å². The molecule has 0 saturated carbocycles. The summed E-state index contributed by atoms with van der Waals surface area (Å²) in [5.74, 6) is 7.04. The van der Waals surface area contributed by atoms with Crippen molar-refractivity contribution in [2.45, 2.75) is 5.16 Å². The molecule has 0 unspecified atom stereocenters. The number of carbonyl (C=O) groups is 1. The standard InChI is InChI=1S/C17H16ClN5O2S/c1-25-14-8-3-2-7-13(14)20-15(24)10-26-17-22-21-16(23(17)19)11-5-4-6-12(18)9-11/h2-9H,10,19H2,1H3,(H,20,24). The Hall–Kier alpha value is -2.71. The summed E-state index contributed by atoms with van der Waals surface area (Å²) in [6.45, 7) is 0. The lowest BCUT2D eigenvalue weighted by atomic mass is 10.2. The van der Waals surface area contributed by atoms with Crippen molar-refractivity contribution >= 4 is 35.0 Å². The number of hydrogen-bond acceptors (Lipinski definition) is 6. The lowest BCUT2D eigenvalue weighted by Gasteiger charge is -2.09. The van der Waals surface area contributed by atoms with Gasteiger partial charge in [-0.2, -0.15) is 0 Å². The Bertz CT molecular complexity index is 931. The number of aromatic nitrogens is 3. The Kier molecular flexibility index (Phi) is 5.65. The van der Waals surface area contributed by atoms with E-state index in [1.165, 1.54) is 16.4 Å². The molecule has 1 amide bonds. The Morgan fingerprint density at radius 2 is 2.08 bits per heavy atom. The maximum atomic E-state index is 12.2. The van der Waals surface area contributed by atoms with Gasteiger partial charge in [0.1, 0.15) is 5.75 Å². The zero-order valence-electron chi connectivity index (χ0n) is 13.8. The maximum Gasteiger partial charge on any atom is 0.234 e. The van der Waals surface area contributed by atoms with Crippen LogP contribution in [0.1, 0.15) is 0 Å². The maximum absolute atomic E-state index is 12.2. The Balaban J connectivity index is 1.66. The second-order valence-corrected chi connectivity index (χ2v) is 6.60. The molecule has 0 saturated heterocycles. The molecular weight excluding hydrogens is 374 g/mol. The normalized spacial score (nSPS) is 10.5. The number of halogens is 1. The van der Waals surface area contributed by atoms with Crippen LogP contribution in [0, 0.1) is 0 Å². The highest BCUT2D eigenvalue weighted by molar-refractivity contribution is 7.99. The summed E-state index contributed by atoms with van der Waals surface area (Å²) in [6, 6.07) is 14.3. The average molecular weight is 390 g/mol. The van der Waals surface area contributed by atoms with Crippen LogP contribution in [0.4, 0.5) is 5.69 Å². The average Bonchev–Trinajstić information content (AvgIpc) is 3.01. The molecule has 7 nitrogen and oxygen atoms in total. The van der Waals surface area contributed by atoms with Gasteiger partial charge in [0, 0.05) is 10.6 Å². The van der Waals surface area contributed by atoms with Gasteiger partial charge in [0.15, 0.2) is 5.82 Å². The molecule has 9 heteroatoms. The van der Waals surface area contributed by atoms with Crippen molar-refractivity contribution in [2.24, 2.45) is 0 Å². The first-order valence-electron chi connectivity index (χ1n) is 7.60. The van der Waals surface area contributed by atoms with Gasteiger partial charge in [-0.1, -0.05) is 47.6 Å². The number of benzene rings is 2. The van der Waals surface area contributed by atoms with Crippen LogP contribution in [-0.2, 0) is 4.79 Å². The van der Waals surface area contributed by atoms with Gasteiger partial charge >= 0.3 is 0 Å². The highest BCUT2D eigenvalue weighted by Gasteiger charge is 2.14. The summed E-state index contributed by atoms with van der Waals surface area (Å²) in [6.07, 6.45) is 0. The molecule has 26 heavy (non-hydrogen) atoms. The van der Waals surface area contributed by atoms with E-state index in [1.54, 1.807) is 37.4 Å². The predicted octanol–water partition coefficient (Wildman–Crippen LogP) is 3.05. The molecule has 0 aliphatic heterocycles. The summed E-state index contributed by atoms with van der Waals surface area (Å²) >= 11 is 7.18. The van der Waals surface area contributed by atoms with Gasteiger partial charge in [0.2, 0.25) is 11.1 Å². The molecule has 1 aromatic heterocycles. The molecule has 1 heterocycles. The molecule has 0 spiro atoms. The van der Waals surface area contributed by atoms with E-state index in [2.05, 4.69) is 15.5 Å². The molecule has 0 radical (unpaired) electrons. The summed E-state index contributed by atoms with van der Waals surface area (Å²) in [5, 5.41) is 11.9. The SMILES string of the molecule is COc1ccccc1NC(=O)CSc1nnc(-c2cccc(Cl)c2)n1N. The van der Waals surface area contributed by atoms with Gasteiger partial charge in [-0.25, -0.2) is 4.68 Å². The van der Waals surface area contributed by atoms with E-state index in [0.717, 1.165) is 5.56 Å². The van der Waals surface area contributed by atoms with Crippen molar-refractivity contribution in [2.75, 3.05) is 24.0 Å². The lowest BCUT2D eigenvalue weighted by molar-refractivity contribution is -0.113. The summed E-state index contributed by atoms with van der Waals surface area (Å²) in [7, 11) is 1.55. The second-order valence-electron chi connectivity index (χ2n) is 5.22. The predicted molar refractivity (Wildman–Crippen MR) is 103 cm³/mol. The van der Waals surface area contributed by atoms with Gasteiger partial charge in [0.25, 0.3) is 0 Å². The number of hydrogen-bond donors (Lipinski definition) is 2. The fraction of sp³-hybridized carbons (Fsp3) is 0.118. The van der Waals surface area contributed by atoms with Crippen LogP contribution in [0.3, 0.4) is 0 Å². The van der Waals surface area contributed by atoms with Gasteiger partial charge in [-0.3, -0.25) is 4.79 Å². The Morgan fingerprint density at radius 3 is 2.85 bits per heavy atom. The van der Waals surface area contributed by atoms with E-state index >= 15 is 0 Å². The molecule has 2 aromatic carbocycles. The number of carbonyl (C=O) groups excluding carboxylic acids is 1. The topological polar surface area (TPSA) is 95.1 Å². The van der Waals surface area contributed by atoms with Gasteiger partial charge in [0.05, 0.1) is 18.6 Å². The van der Waals surface area contributed by atoms with Crippen LogP contribution in [0.15, 0.2) is 53.7 Å². The number of nitrogens with zero attached hydrogens (tertiary/aromatic N) is 3. The number of nitrogens with two attached hydrogens (primary N) is 1. The lowest BCUT2D eigenvalue weighted by Crippen LogP contribution is -2.16.